The van der Waals surface area contributed by atoms with Crippen molar-refractivity contribution >= 4 is 17.3 Å². The van der Waals surface area contributed by atoms with Crippen LogP contribution in [0.4, 0.5) is 5.69 Å². The van der Waals surface area contributed by atoms with E-state index in [2.05, 4.69) is 16.0 Å². The second kappa shape index (κ2) is 4.72. The Balaban J connectivity index is 1.61. The molecule has 1 fully saturated rings. The number of benzene rings is 1. The normalized spacial score (nSPS) is 23.9. The second-order valence-corrected chi connectivity index (χ2v) is 4.91. The summed E-state index contributed by atoms with van der Waals surface area (Å²) < 4.78 is 5.76. The number of piperidine rings is 1. The van der Waals surface area contributed by atoms with Crippen molar-refractivity contribution in [1.29, 1.82) is 0 Å². The molecule has 0 aromatic heterocycles. The van der Waals surface area contributed by atoms with E-state index in [1.807, 2.05) is 18.2 Å². The molecule has 4 nitrogen and oxygen atoms in total. The Morgan fingerprint density at radius 2 is 2.12 bits per heavy atom. The lowest BCUT2D eigenvalue weighted by Gasteiger charge is -2.26. The van der Waals surface area contributed by atoms with Crippen LogP contribution in [0.15, 0.2) is 18.2 Å². The van der Waals surface area contributed by atoms with Crippen molar-refractivity contribution in [2.24, 2.45) is 0 Å². The van der Waals surface area contributed by atoms with Crippen molar-refractivity contribution in [2.45, 2.75) is 25.2 Å². The molecular formula is C12H16ClN3O. The number of nitrogens with one attached hydrogen (secondary N) is 3. The maximum Gasteiger partial charge on any atom is 0.228 e. The van der Waals surface area contributed by atoms with Crippen LogP contribution in [-0.4, -0.2) is 25.5 Å². The third-order valence-corrected chi connectivity index (χ3v) is 3.43. The highest BCUT2D eigenvalue weighted by Gasteiger charge is 2.24. The molecule has 3 N–H and O–H groups in total. The molecule has 17 heavy (non-hydrogen) atoms. The fourth-order valence-corrected chi connectivity index (χ4v) is 2.47. The molecule has 3 rings (SSSR count). The predicted octanol–water partition coefficient (Wildman–Crippen LogP) is 1.77. The van der Waals surface area contributed by atoms with Gasteiger partial charge in [0, 0.05) is 11.1 Å². The first-order valence-electron chi connectivity index (χ1n) is 6.01. The number of rotatable bonds is 2. The number of anilines is 1. The van der Waals surface area contributed by atoms with Crippen LogP contribution in [0.3, 0.4) is 0 Å². The van der Waals surface area contributed by atoms with Gasteiger partial charge >= 0.3 is 0 Å². The van der Waals surface area contributed by atoms with Crippen LogP contribution >= 0.6 is 11.6 Å². The number of fused-ring (bicyclic) bond motifs is 1. The predicted molar refractivity (Wildman–Crippen MR) is 68.5 cm³/mol. The standard InChI is InChI=1S/C12H16ClN3O/c13-8-1-2-11-10(7-8)16-12(17-11)15-9-3-5-14-6-4-9/h1-2,7,9,12,14-16H,3-6H2. The summed E-state index contributed by atoms with van der Waals surface area (Å²) in [5.74, 6) is 0.862. The van der Waals surface area contributed by atoms with E-state index < -0.39 is 0 Å². The average Bonchev–Trinajstić information content (AvgIpc) is 2.71. The lowest BCUT2D eigenvalue weighted by atomic mass is 10.1. The minimum absolute atomic E-state index is 0.133. The number of hydrogen-bond acceptors (Lipinski definition) is 4. The van der Waals surface area contributed by atoms with Crippen molar-refractivity contribution in [2.75, 3.05) is 18.4 Å². The molecule has 92 valence electrons. The van der Waals surface area contributed by atoms with Gasteiger partial charge in [0.1, 0.15) is 5.75 Å². The molecule has 0 bridgehead atoms. The summed E-state index contributed by atoms with van der Waals surface area (Å²) >= 11 is 5.94. The van der Waals surface area contributed by atoms with Crippen LogP contribution in [-0.2, 0) is 0 Å². The van der Waals surface area contributed by atoms with Gasteiger partial charge in [-0.15, -0.1) is 0 Å². The topological polar surface area (TPSA) is 45.3 Å². The van der Waals surface area contributed by atoms with Crippen LogP contribution in [0.5, 0.6) is 5.75 Å². The fraction of sp³-hybridized carbons (Fsp3) is 0.500. The molecule has 0 aliphatic carbocycles. The van der Waals surface area contributed by atoms with Crippen molar-refractivity contribution in [3.8, 4) is 5.75 Å². The van der Waals surface area contributed by atoms with Crippen molar-refractivity contribution in [3.63, 3.8) is 0 Å². The fourth-order valence-electron chi connectivity index (χ4n) is 2.29. The van der Waals surface area contributed by atoms with Crippen LogP contribution in [0.1, 0.15) is 12.8 Å². The summed E-state index contributed by atoms with van der Waals surface area (Å²) in [4.78, 5) is 0. The van der Waals surface area contributed by atoms with E-state index in [9.17, 15) is 0 Å². The van der Waals surface area contributed by atoms with E-state index in [0.29, 0.717) is 6.04 Å². The van der Waals surface area contributed by atoms with Gasteiger partial charge in [-0.3, -0.25) is 5.32 Å². The van der Waals surface area contributed by atoms with Gasteiger partial charge in [0.2, 0.25) is 6.35 Å². The van der Waals surface area contributed by atoms with E-state index >= 15 is 0 Å². The summed E-state index contributed by atoms with van der Waals surface area (Å²) in [6.45, 7) is 2.15. The number of ether oxygens (including phenoxy) is 1. The zero-order valence-corrected chi connectivity index (χ0v) is 10.3. The van der Waals surface area contributed by atoms with Crippen molar-refractivity contribution in [3.05, 3.63) is 23.2 Å². The summed E-state index contributed by atoms with van der Waals surface area (Å²) in [5.41, 5.74) is 0.962. The third kappa shape index (κ3) is 2.49. The molecule has 2 aliphatic heterocycles. The largest absolute Gasteiger partial charge is 0.455 e. The van der Waals surface area contributed by atoms with Gasteiger partial charge in [-0.1, -0.05) is 11.6 Å². The summed E-state index contributed by atoms with van der Waals surface area (Å²) in [7, 11) is 0. The van der Waals surface area contributed by atoms with Crippen LogP contribution in [0, 0.1) is 0 Å². The van der Waals surface area contributed by atoms with Gasteiger partial charge in [-0.2, -0.15) is 0 Å². The maximum absolute atomic E-state index is 5.94. The van der Waals surface area contributed by atoms with Crippen molar-refractivity contribution < 1.29 is 4.74 Å². The van der Waals surface area contributed by atoms with E-state index in [1.54, 1.807) is 0 Å². The zero-order chi connectivity index (χ0) is 11.7. The molecule has 0 radical (unpaired) electrons. The Hall–Kier alpha value is -0.970. The quantitative estimate of drug-likeness (QED) is 0.752. The van der Waals surface area contributed by atoms with Crippen molar-refractivity contribution in [1.82, 2.24) is 10.6 Å². The summed E-state index contributed by atoms with van der Waals surface area (Å²) in [6, 6.07) is 6.14. The van der Waals surface area contributed by atoms with E-state index in [0.717, 1.165) is 42.4 Å². The van der Waals surface area contributed by atoms with Crippen LogP contribution in [0.25, 0.3) is 0 Å². The first kappa shape index (κ1) is 11.1. The van der Waals surface area contributed by atoms with E-state index in [1.165, 1.54) is 0 Å². The number of hydrogen-bond donors (Lipinski definition) is 3. The molecule has 1 saturated heterocycles. The smallest absolute Gasteiger partial charge is 0.228 e. The second-order valence-electron chi connectivity index (χ2n) is 4.47. The number of halogens is 1. The maximum atomic E-state index is 5.94. The van der Waals surface area contributed by atoms with Crippen LogP contribution < -0.4 is 20.7 Å². The Bertz CT molecular complexity index is 407. The highest BCUT2D eigenvalue weighted by atomic mass is 35.5. The van der Waals surface area contributed by atoms with Gasteiger partial charge in [0.15, 0.2) is 0 Å². The van der Waals surface area contributed by atoms with Crippen LogP contribution in [0.2, 0.25) is 5.02 Å². The first-order valence-corrected chi connectivity index (χ1v) is 6.38. The minimum Gasteiger partial charge on any atom is -0.455 e. The minimum atomic E-state index is -0.133. The molecule has 0 saturated carbocycles. The lowest BCUT2D eigenvalue weighted by Crippen LogP contribution is -2.48. The van der Waals surface area contributed by atoms with Gasteiger partial charge in [0.25, 0.3) is 0 Å². The molecular weight excluding hydrogens is 238 g/mol. The third-order valence-electron chi connectivity index (χ3n) is 3.20. The molecule has 2 heterocycles. The molecule has 1 aromatic rings. The zero-order valence-electron chi connectivity index (χ0n) is 9.50. The molecule has 1 unspecified atom stereocenters. The lowest BCUT2D eigenvalue weighted by molar-refractivity contribution is 0.181. The Labute approximate surface area is 106 Å². The van der Waals surface area contributed by atoms with E-state index in [-0.39, 0.29) is 6.35 Å². The molecule has 5 heteroatoms. The van der Waals surface area contributed by atoms with Gasteiger partial charge in [0.05, 0.1) is 5.69 Å². The van der Waals surface area contributed by atoms with Gasteiger partial charge in [-0.05, 0) is 44.1 Å². The molecule has 1 atom stereocenters. The summed E-state index contributed by atoms with van der Waals surface area (Å²) in [6.07, 6.45) is 2.14. The highest BCUT2D eigenvalue weighted by Crippen LogP contribution is 2.33. The monoisotopic (exact) mass is 253 g/mol. The average molecular weight is 254 g/mol. The first-order chi connectivity index (χ1) is 8.31. The summed E-state index contributed by atoms with van der Waals surface area (Å²) in [5, 5.41) is 10.8. The molecule has 0 spiro atoms. The van der Waals surface area contributed by atoms with Gasteiger partial charge in [-0.25, -0.2) is 0 Å². The SMILES string of the molecule is Clc1ccc2c(c1)NC(NC1CCNCC1)O2. The molecule has 0 amide bonds. The molecule has 1 aromatic carbocycles. The van der Waals surface area contributed by atoms with Gasteiger partial charge < -0.3 is 15.4 Å². The van der Waals surface area contributed by atoms with E-state index in [4.69, 9.17) is 16.3 Å². The molecule has 2 aliphatic rings. The Morgan fingerprint density at radius 1 is 1.29 bits per heavy atom. The highest BCUT2D eigenvalue weighted by molar-refractivity contribution is 6.30. The Morgan fingerprint density at radius 3 is 2.94 bits per heavy atom. The Kier molecular flexibility index (Phi) is 3.09.